The first-order chi connectivity index (χ1) is 11.3. The van der Waals surface area contributed by atoms with Crippen LogP contribution in [0.4, 0.5) is 10.1 Å². The van der Waals surface area contributed by atoms with Gasteiger partial charge in [0, 0.05) is 27.6 Å². The van der Waals surface area contributed by atoms with E-state index < -0.39 is 0 Å². The molecule has 1 aromatic carbocycles. The van der Waals surface area contributed by atoms with Gasteiger partial charge >= 0.3 is 0 Å². The first kappa shape index (κ1) is 19.8. The molecule has 0 aliphatic rings. The number of anilines is 1. The molecule has 1 aromatic rings. The van der Waals surface area contributed by atoms with Crippen molar-refractivity contribution in [2.45, 2.75) is 27.2 Å². The summed E-state index contributed by atoms with van der Waals surface area (Å²) >= 11 is 6.10. The second-order valence-corrected chi connectivity index (χ2v) is 5.80. The van der Waals surface area contributed by atoms with Crippen LogP contribution in [0, 0.1) is 5.82 Å². The first-order valence-electron chi connectivity index (χ1n) is 7.65. The molecule has 0 fully saturated rings. The molecule has 0 saturated heterocycles. The van der Waals surface area contributed by atoms with Gasteiger partial charge in [-0.3, -0.25) is 0 Å². The highest BCUT2D eigenvalue weighted by atomic mass is 35.5. The highest BCUT2D eigenvalue weighted by molar-refractivity contribution is 6.31. The van der Waals surface area contributed by atoms with Crippen LogP contribution in [0.5, 0.6) is 0 Å². The third-order valence-electron chi connectivity index (χ3n) is 3.75. The number of hydrogen-bond acceptors (Lipinski definition) is 2. The summed E-state index contributed by atoms with van der Waals surface area (Å²) in [6.45, 7) is 17.0. The number of aryl methyl sites for hydroxylation is 1. The van der Waals surface area contributed by atoms with E-state index in [4.69, 9.17) is 17.3 Å². The number of nitrogens with one attached hydrogen (secondary N) is 1. The zero-order valence-electron chi connectivity index (χ0n) is 14.5. The van der Waals surface area contributed by atoms with Crippen molar-refractivity contribution in [2.75, 3.05) is 5.32 Å². The number of rotatable bonds is 7. The van der Waals surface area contributed by atoms with Gasteiger partial charge in [0.25, 0.3) is 0 Å². The van der Waals surface area contributed by atoms with E-state index >= 15 is 0 Å². The SMILES string of the molecule is C=Cc1cc(F)cc(CC)c1NC(/C(=C\C)C(=C)N)=C(\C)C(=C)Cl. The molecule has 0 amide bonds. The van der Waals surface area contributed by atoms with Gasteiger partial charge in [-0.15, -0.1) is 0 Å². The zero-order valence-corrected chi connectivity index (χ0v) is 15.2. The Morgan fingerprint density at radius 1 is 1.38 bits per heavy atom. The van der Waals surface area contributed by atoms with Crippen LogP contribution in [0.2, 0.25) is 0 Å². The van der Waals surface area contributed by atoms with E-state index in [9.17, 15) is 4.39 Å². The van der Waals surface area contributed by atoms with E-state index in [1.807, 2.05) is 26.8 Å². The van der Waals surface area contributed by atoms with Crippen LogP contribution in [0.1, 0.15) is 31.9 Å². The van der Waals surface area contributed by atoms with Gasteiger partial charge in [0.15, 0.2) is 0 Å². The van der Waals surface area contributed by atoms with Gasteiger partial charge in [-0.1, -0.05) is 50.4 Å². The summed E-state index contributed by atoms with van der Waals surface area (Å²) in [5, 5.41) is 3.73. The Balaban J connectivity index is 3.63. The monoisotopic (exact) mass is 346 g/mol. The fraction of sp³-hybridized carbons (Fsp3) is 0.200. The second kappa shape index (κ2) is 8.55. The van der Waals surface area contributed by atoms with E-state index in [1.54, 1.807) is 6.08 Å². The molecule has 0 aromatic heterocycles. The molecule has 0 heterocycles. The van der Waals surface area contributed by atoms with Gasteiger partial charge in [-0.2, -0.15) is 0 Å². The highest BCUT2D eigenvalue weighted by Gasteiger charge is 2.16. The van der Waals surface area contributed by atoms with Crippen LogP contribution in [-0.4, -0.2) is 0 Å². The lowest BCUT2D eigenvalue weighted by molar-refractivity contribution is 0.625. The predicted molar refractivity (Wildman–Crippen MR) is 104 cm³/mol. The van der Waals surface area contributed by atoms with E-state index in [0.29, 0.717) is 28.4 Å². The Morgan fingerprint density at radius 3 is 2.42 bits per heavy atom. The lowest BCUT2D eigenvalue weighted by Gasteiger charge is -2.21. The van der Waals surface area contributed by atoms with Crippen LogP contribution in [-0.2, 0) is 6.42 Å². The Hall–Kier alpha value is -2.26. The van der Waals surface area contributed by atoms with E-state index in [-0.39, 0.29) is 5.82 Å². The second-order valence-electron chi connectivity index (χ2n) is 5.34. The van der Waals surface area contributed by atoms with Crippen molar-refractivity contribution in [3.8, 4) is 0 Å². The number of halogens is 2. The average Bonchev–Trinajstić information content (AvgIpc) is 2.53. The van der Waals surface area contributed by atoms with Crippen molar-refractivity contribution in [1.29, 1.82) is 0 Å². The van der Waals surface area contributed by atoms with Crippen molar-refractivity contribution in [2.24, 2.45) is 5.73 Å². The molecule has 24 heavy (non-hydrogen) atoms. The molecule has 0 atom stereocenters. The maximum atomic E-state index is 13.8. The first-order valence-corrected chi connectivity index (χ1v) is 8.03. The summed E-state index contributed by atoms with van der Waals surface area (Å²) in [5.74, 6) is -0.300. The summed E-state index contributed by atoms with van der Waals surface area (Å²) in [7, 11) is 0. The summed E-state index contributed by atoms with van der Waals surface area (Å²) in [6.07, 6.45) is 4.11. The minimum Gasteiger partial charge on any atom is -0.399 e. The average molecular weight is 347 g/mol. The molecule has 3 N–H and O–H groups in total. The molecule has 4 heteroatoms. The maximum Gasteiger partial charge on any atom is 0.124 e. The number of nitrogens with two attached hydrogens (primary N) is 1. The van der Waals surface area contributed by atoms with Crippen molar-refractivity contribution in [3.05, 3.63) is 82.5 Å². The lowest BCUT2D eigenvalue weighted by Crippen LogP contribution is -2.13. The van der Waals surface area contributed by atoms with Crippen LogP contribution in [0.15, 0.2) is 65.5 Å². The molecule has 0 saturated carbocycles. The smallest absolute Gasteiger partial charge is 0.124 e. The molecule has 2 nitrogen and oxygen atoms in total. The molecule has 0 bridgehead atoms. The largest absolute Gasteiger partial charge is 0.399 e. The highest BCUT2D eigenvalue weighted by Crippen LogP contribution is 2.31. The quantitative estimate of drug-likeness (QED) is 0.604. The Bertz CT molecular complexity index is 742. The summed E-state index contributed by atoms with van der Waals surface area (Å²) < 4.78 is 13.8. The van der Waals surface area contributed by atoms with Gasteiger partial charge in [0.05, 0.1) is 5.70 Å². The molecular formula is C20H24ClFN2. The van der Waals surface area contributed by atoms with Crippen molar-refractivity contribution in [3.63, 3.8) is 0 Å². The number of hydrogen-bond donors (Lipinski definition) is 2. The molecule has 0 radical (unpaired) electrons. The van der Waals surface area contributed by atoms with Crippen molar-refractivity contribution < 1.29 is 4.39 Å². The zero-order chi connectivity index (χ0) is 18.4. The Labute approximate surface area is 148 Å². The molecule has 0 spiro atoms. The predicted octanol–water partition coefficient (Wildman–Crippen LogP) is 5.89. The summed E-state index contributed by atoms with van der Waals surface area (Å²) in [5.41, 5.74) is 10.7. The molecule has 1 rings (SSSR count). The van der Waals surface area contributed by atoms with Gasteiger partial charge in [0.1, 0.15) is 5.82 Å². The number of benzene rings is 1. The third kappa shape index (κ3) is 4.39. The van der Waals surface area contributed by atoms with Crippen LogP contribution in [0.3, 0.4) is 0 Å². The van der Waals surface area contributed by atoms with Gasteiger partial charge in [-0.05, 0) is 43.5 Å². The Morgan fingerprint density at radius 2 is 2.00 bits per heavy atom. The molecule has 0 aliphatic carbocycles. The van der Waals surface area contributed by atoms with Crippen LogP contribution in [0.25, 0.3) is 6.08 Å². The van der Waals surface area contributed by atoms with Crippen LogP contribution < -0.4 is 11.1 Å². The fourth-order valence-corrected chi connectivity index (χ4v) is 2.49. The number of allylic oxidation sites excluding steroid dienone is 3. The minimum atomic E-state index is -0.300. The topological polar surface area (TPSA) is 38.0 Å². The van der Waals surface area contributed by atoms with Crippen LogP contribution >= 0.6 is 11.6 Å². The summed E-state index contributed by atoms with van der Waals surface area (Å²) in [4.78, 5) is 0. The molecular weight excluding hydrogens is 323 g/mol. The minimum absolute atomic E-state index is 0.300. The molecule has 0 aliphatic heterocycles. The maximum absolute atomic E-state index is 13.8. The van der Waals surface area contributed by atoms with Crippen molar-refractivity contribution >= 4 is 23.4 Å². The van der Waals surface area contributed by atoms with Gasteiger partial charge in [-0.25, -0.2) is 4.39 Å². The fourth-order valence-electron chi connectivity index (χ4n) is 2.39. The van der Waals surface area contributed by atoms with E-state index in [1.165, 1.54) is 12.1 Å². The Kier molecular flexibility index (Phi) is 7.05. The third-order valence-corrected chi connectivity index (χ3v) is 4.04. The van der Waals surface area contributed by atoms with Crippen molar-refractivity contribution in [1.82, 2.24) is 0 Å². The van der Waals surface area contributed by atoms with Gasteiger partial charge < -0.3 is 11.1 Å². The van der Waals surface area contributed by atoms with E-state index in [0.717, 1.165) is 22.4 Å². The molecule has 0 unspecified atom stereocenters. The lowest BCUT2D eigenvalue weighted by atomic mass is 10.0. The summed E-state index contributed by atoms with van der Waals surface area (Å²) in [6, 6.07) is 2.94. The van der Waals surface area contributed by atoms with Gasteiger partial charge in [0.2, 0.25) is 0 Å². The standard InChI is InChI=1S/C20H24ClFN2/c1-7-15-10-17(22)11-16(8-2)20(15)24-19(12(4)13(5)21)18(9-3)14(6)23/h7,9-11,24H,1,5-6,8,23H2,2-4H3/b18-9-,19-12+. The molecule has 128 valence electrons. The van der Waals surface area contributed by atoms with E-state index in [2.05, 4.69) is 25.1 Å². The normalized spacial score (nSPS) is 12.5.